The fraction of sp³-hybridized carbons (Fsp3) is 0.400. The topological polar surface area (TPSA) is 12.0 Å². The molecule has 0 fully saturated rings. The van der Waals surface area contributed by atoms with Gasteiger partial charge in [-0.25, -0.2) is 0 Å². The van der Waals surface area contributed by atoms with Crippen LogP contribution < -0.4 is 5.32 Å². The molecule has 7 heteroatoms. The van der Waals surface area contributed by atoms with E-state index in [4.69, 9.17) is 0 Å². The van der Waals surface area contributed by atoms with Crippen LogP contribution in [0.4, 0.5) is 26.3 Å². The summed E-state index contributed by atoms with van der Waals surface area (Å²) in [6, 6.07) is 2.42. The summed E-state index contributed by atoms with van der Waals surface area (Å²) < 4.78 is 75.3. The predicted molar refractivity (Wildman–Crippen MR) is 49.2 cm³/mol. The molecule has 1 aromatic rings. The number of hydrogen-bond donors (Lipinski definition) is 1. The van der Waals surface area contributed by atoms with Crippen molar-refractivity contribution >= 4 is 0 Å². The van der Waals surface area contributed by atoms with Gasteiger partial charge in [0.15, 0.2) is 0 Å². The first kappa shape index (κ1) is 13.8. The molecule has 0 aliphatic rings. The summed E-state index contributed by atoms with van der Waals surface area (Å²) in [5.74, 6) is 0. The van der Waals surface area contributed by atoms with Crippen molar-refractivity contribution in [3.63, 3.8) is 0 Å². The van der Waals surface area contributed by atoms with Gasteiger partial charge in [-0.3, -0.25) is 0 Å². The average molecular weight is 257 g/mol. The van der Waals surface area contributed by atoms with E-state index in [1.54, 1.807) is 0 Å². The second kappa shape index (κ2) is 4.56. The lowest BCUT2D eigenvalue weighted by atomic mass is 10.00. The van der Waals surface area contributed by atoms with Gasteiger partial charge in [0.25, 0.3) is 0 Å². The number of halogens is 6. The van der Waals surface area contributed by atoms with E-state index in [2.05, 4.69) is 5.32 Å². The summed E-state index contributed by atoms with van der Waals surface area (Å²) in [7, 11) is 1.36. The van der Waals surface area contributed by atoms with Gasteiger partial charge in [-0.05, 0) is 18.7 Å². The van der Waals surface area contributed by atoms with Crippen LogP contribution in [0.5, 0.6) is 0 Å². The molecule has 1 N–H and O–H groups in total. The molecule has 96 valence electrons. The Hall–Kier alpha value is -1.24. The molecule has 0 bridgehead atoms. The molecule has 0 aliphatic heterocycles. The number of hydrogen-bond acceptors (Lipinski definition) is 1. The lowest BCUT2D eigenvalue weighted by molar-refractivity contribution is -0.162. The molecule has 1 nitrogen and oxygen atoms in total. The number of rotatable bonds is 2. The Balaban J connectivity index is 3.46. The Morgan fingerprint density at radius 2 is 1.59 bits per heavy atom. The Labute approximate surface area is 93.4 Å². The lowest BCUT2D eigenvalue weighted by Crippen LogP contribution is -2.21. The molecular formula is C10H9F6N. The van der Waals surface area contributed by atoms with Crippen molar-refractivity contribution in [3.8, 4) is 0 Å². The van der Waals surface area contributed by atoms with Crippen LogP contribution in [0.15, 0.2) is 18.2 Å². The van der Waals surface area contributed by atoms with Crippen LogP contribution in [-0.2, 0) is 18.9 Å². The maximum Gasteiger partial charge on any atom is 0.417 e. The van der Waals surface area contributed by atoms with Crippen molar-refractivity contribution in [3.05, 3.63) is 34.9 Å². The number of nitrogens with one attached hydrogen (secondary N) is 1. The van der Waals surface area contributed by atoms with Crippen LogP contribution in [-0.4, -0.2) is 7.05 Å². The largest absolute Gasteiger partial charge is 0.417 e. The lowest BCUT2D eigenvalue weighted by Gasteiger charge is -2.18. The molecule has 17 heavy (non-hydrogen) atoms. The van der Waals surface area contributed by atoms with Crippen molar-refractivity contribution < 1.29 is 26.3 Å². The summed E-state index contributed by atoms with van der Waals surface area (Å²) in [6.07, 6.45) is -10.0. The van der Waals surface area contributed by atoms with Crippen molar-refractivity contribution in [1.29, 1.82) is 0 Å². The summed E-state index contributed by atoms with van der Waals surface area (Å²) in [6.45, 7) is -0.279. The van der Waals surface area contributed by atoms with Gasteiger partial charge in [-0.15, -0.1) is 0 Å². The molecule has 0 saturated heterocycles. The van der Waals surface area contributed by atoms with Gasteiger partial charge in [0.2, 0.25) is 0 Å². The zero-order chi connectivity index (χ0) is 13.3. The van der Waals surface area contributed by atoms with Gasteiger partial charge in [-0.2, -0.15) is 26.3 Å². The summed E-state index contributed by atoms with van der Waals surface area (Å²) in [5, 5.41) is 2.41. The van der Waals surface area contributed by atoms with Crippen molar-refractivity contribution in [1.82, 2.24) is 5.32 Å². The minimum atomic E-state index is -5.03. The third kappa shape index (κ3) is 3.12. The third-order valence-corrected chi connectivity index (χ3v) is 2.11. The molecule has 0 unspecified atom stereocenters. The van der Waals surface area contributed by atoms with E-state index < -0.39 is 29.0 Å². The molecule has 0 aliphatic carbocycles. The summed E-state index contributed by atoms with van der Waals surface area (Å²) in [4.78, 5) is 0. The van der Waals surface area contributed by atoms with Gasteiger partial charge in [0.05, 0.1) is 11.1 Å². The second-order valence-electron chi connectivity index (χ2n) is 3.37. The number of alkyl halides is 6. The van der Waals surface area contributed by atoms with Crippen LogP contribution in [0.25, 0.3) is 0 Å². The Kier molecular flexibility index (Phi) is 3.71. The minimum absolute atomic E-state index is 0.279. The maximum atomic E-state index is 12.6. The highest BCUT2D eigenvalue weighted by Crippen LogP contribution is 2.41. The fourth-order valence-electron chi connectivity index (χ4n) is 1.51. The Bertz CT molecular complexity index is 393. The van der Waals surface area contributed by atoms with Crippen molar-refractivity contribution in [2.24, 2.45) is 0 Å². The maximum absolute atomic E-state index is 12.6. The molecule has 1 rings (SSSR count). The molecule has 0 saturated carbocycles. The zero-order valence-corrected chi connectivity index (χ0v) is 8.71. The molecule has 0 amide bonds. The van der Waals surface area contributed by atoms with E-state index in [0.29, 0.717) is 6.07 Å². The standard InChI is InChI=1S/C10H9F6N/c1-17-5-6-3-2-4-7(9(11,12)13)8(6)10(14,15)16/h2-4,17H,5H2,1H3. The first-order chi connectivity index (χ1) is 7.68. The van der Waals surface area contributed by atoms with E-state index in [9.17, 15) is 26.3 Å². The van der Waals surface area contributed by atoms with Crippen LogP contribution >= 0.6 is 0 Å². The van der Waals surface area contributed by atoms with Crippen molar-refractivity contribution in [2.45, 2.75) is 18.9 Å². The van der Waals surface area contributed by atoms with E-state index in [1.807, 2.05) is 0 Å². The second-order valence-corrected chi connectivity index (χ2v) is 3.37. The smallest absolute Gasteiger partial charge is 0.316 e. The van der Waals surface area contributed by atoms with E-state index in [1.165, 1.54) is 7.05 Å². The molecule has 0 aromatic heterocycles. The van der Waals surface area contributed by atoms with Crippen LogP contribution in [0.3, 0.4) is 0 Å². The molecule has 1 aromatic carbocycles. The van der Waals surface area contributed by atoms with Gasteiger partial charge < -0.3 is 5.32 Å². The molecule has 0 spiro atoms. The Morgan fingerprint density at radius 1 is 1.00 bits per heavy atom. The fourth-order valence-corrected chi connectivity index (χ4v) is 1.51. The summed E-state index contributed by atoms with van der Waals surface area (Å²) in [5.41, 5.74) is -3.70. The Morgan fingerprint density at radius 3 is 2.00 bits per heavy atom. The van der Waals surface area contributed by atoms with Gasteiger partial charge in [-0.1, -0.05) is 12.1 Å². The van der Waals surface area contributed by atoms with Gasteiger partial charge >= 0.3 is 12.4 Å². The highest BCUT2D eigenvalue weighted by Gasteiger charge is 2.44. The normalized spacial score (nSPS) is 12.9. The predicted octanol–water partition coefficient (Wildman–Crippen LogP) is 3.44. The van der Waals surface area contributed by atoms with E-state index in [0.717, 1.165) is 12.1 Å². The van der Waals surface area contributed by atoms with Gasteiger partial charge in [0, 0.05) is 6.54 Å². The SMILES string of the molecule is CNCc1cccc(C(F)(F)F)c1C(F)(F)F. The van der Waals surface area contributed by atoms with Gasteiger partial charge in [0.1, 0.15) is 0 Å². The minimum Gasteiger partial charge on any atom is -0.316 e. The third-order valence-electron chi connectivity index (χ3n) is 2.11. The summed E-state index contributed by atoms with van der Waals surface area (Å²) >= 11 is 0. The molecule has 0 radical (unpaired) electrons. The highest BCUT2D eigenvalue weighted by atomic mass is 19.4. The van der Waals surface area contributed by atoms with E-state index in [-0.39, 0.29) is 6.54 Å². The molecular weight excluding hydrogens is 248 g/mol. The van der Waals surface area contributed by atoms with Crippen LogP contribution in [0, 0.1) is 0 Å². The molecule has 0 atom stereocenters. The quantitative estimate of drug-likeness (QED) is 0.800. The monoisotopic (exact) mass is 257 g/mol. The highest BCUT2D eigenvalue weighted by molar-refractivity contribution is 5.39. The average Bonchev–Trinajstić information content (AvgIpc) is 2.14. The van der Waals surface area contributed by atoms with E-state index >= 15 is 0 Å². The number of benzene rings is 1. The van der Waals surface area contributed by atoms with Crippen molar-refractivity contribution in [2.75, 3.05) is 7.05 Å². The first-order valence-corrected chi connectivity index (χ1v) is 4.59. The first-order valence-electron chi connectivity index (χ1n) is 4.59. The van der Waals surface area contributed by atoms with Crippen LogP contribution in [0.1, 0.15) is 16.7 Å². The zero-order valence-electron chi connectivity index (χ0n) is 8.71. The van der Waals surface area contributed by atoms with Crippen LogP contribution in [0.2, 0.25) is 0 Å². The molecule has 0 heterocycles.